The second kappa shape index (κ2) is 7.38. The van der Waals surface area contributed by atoms with Gasteiger partial charge in [-0.25, -0.2) is 4.98 Å². The highest BCUT2D eigenvalue weighted by atomic mass is 35.5. The van der Waals surface area contributed by atoms with Crippen LogP contribution >= 0.6 is 23.4 Å². The molecule has 0 spiro atoms. The number of halogens is 1. The number of hydrogen-bond acceptors (Lipinski definition) is 4. The fourth-order valence-corrected chi connectivity index (χ4v) is 4.25. The van der Waals surface area contributed by atoms with E-state index >= 15 is 0 Å². The van der Waals surface area contributed by atoms with Crippen molar-refractivity contribution < 1.29 is 4.79 Å². The highest BCUT2D eigenvalue weighted by molar-refractivity contribution is 8.00. The van der Waals surface area contributed by atoms with Crippen molar-refractivity contribution in [3.63, 3.8) is 0 Å². The maximum absolute atomic E-state index is 13.0. The summed E-state index contributed by atoms with van der Waals surface area (Å²) >= 11 is 7.46. The van der Waals surface area contributed by atoms with E-state index in [2.05, 4.69) is 18.8 Å². The predicted octanol–water partition coefficient (Wildman–Crippen LogP) is 3.42. The maximum atomic E-state index is 13.0. The molecule has 1 atom stereocenters. The zero-order valence-corrected chi connectivity index (χ0v) is 16.2. The number of fused-ring (bicyclic) bond motifs is 1. The van der Waals surface area contributed by atoms with Crippen LogP contribution in [-0.2, 0) is 11.3 Å². The second-order valence-corrected chi connectivity index (χ2v) is 8.46. The van der Waals surface area contributed by atoms with Gasteiger partial charge in [0.15, 0.2) is 5.16 Å². The Bertz CT molecular complexity index is 865. The zero-order chi connectivity index (χ0) is 18.1. The van der Waals surface area contributed by atoms with E-state index in [-0.39, 0.29) is 16.7 Å². The Hall–Kier alpha value is -1.53. The number of benzene rings is 1. The number of thioether (sulfide) groups is 1. The Balaban J connectivity index is 2.05. The average Bonchev–Trinajstić information content (AvgIpc) is 2.86. The first-order valence-corrected chi connectivity index (χ1v) is 9.74. The molecule has 5 nitrogen and oxygen atoms in total. The topological polar surface area (TPSA) is 55.2 Å². The minimum Gasteiger partial charge on any atom is -0.345 e. The van der Waals surface area contributed by atoms with Crippen molar-refractivity contribution in [1.82, 2.24) is 14.5 Å². The van der Waals surface area contributed by atoms with Crippen LogP contribution in [-0.4, -0.2) is 39.2 Å². The van der Waals surface area contributed by atoms with Crippen LogP contribution in [0.1, 0.15) is 26.7 Å². The molecule has 1 aromatic carbocycles. The third kappa shape index (κ3) is 3.85. The lowest BCUT2D eigenvalue weighted by molar-refractivity contribution is -0.126. The molecule has 0 radical (unpaired) electrons. The highest BCUT2D eigenvalue weighted by Crippen LogP contribution is 2.30. The Kier molecular flexibility index (Phi) is 5.39. The highest BCUT2D eigenvalue weighted by Gasteiger charge is 2.31. The van der Waals surface area contributed by atoms with Gasteiger partial charge in [0.2, 0.25) is 5.91 Å². The normalized spacial score (nSPS) is 17.9. The molecule has 1 aliphatic rings. The van der Waals surface area contributed by atoms with Gasteiger partial charge in [0.05, 0.1) is 16.2 Å². The fourth-order valence-electron chi connectivity index (χ4n) is 2.88. The largest absolute Gasteiger partial charge is 0.345 e. The number of carbonyl (C=O) groups is 1. The van der Waals surface area contributed by atoms with Gasteiger partial charge in [-0.15, -0.1) is 0 Å². The summed E-state index contributed by atoms with van der Waals surface area (Å²) in [6.45, 7) is 5.59. The third-order valence-electron chi connectivity index (χ3n) is 4.44. The Labute approximate surface area is 156 Å². The number of hydrogen-bond donors (Lipinski definition) is 0. The molecule has 2 aromatic rings. The van der Waals surface area contributed by atoms with Crippen molar-refractivity contribution in [3.05, 3.63) is 33.6 Å². The zero-order valence-electron chi connectivity index (χ0n) is 14.7. The summed E-state index contributed by atoms with van der Waals surface area (Å²) in [4.78, 5) is 31.6. The molecule has 1 unspecified atom stereocenters. The third-order valence-corrected chi connectivity index (χ3v) is 5.92. The van der Waals surface area contributed by atoms with Gasteiger partial charge in [-0.2, -0.15) is 0 Å². The average molecular weight is 380 g/mol. The molecule has 2 heterocycles. The lowest BCUT2D eigenvalue weighted by Gasteiger charge is -2.16. The van der Waals surface area contributed by atoms with Gasteiger partial charge in [-0.1, -0.05) is 37.2 Å². The predicted molar refractivity (Wildman–Crippen MR) is 102 cm³/mol. The van der Waals surface area contributed by atoms with E-state index in [1.807, 2.05) is 7.05 Å². The first kappa shape index (κ1) is 18.3. The first-order valence-electron chi connectivity index (χ1n) is 8.48. The van der Waals surface area contributed by atoms with Crippen LogP contribution in [0.15, 0.2) is 28.2 Å². The van der Waals surface area contributed by atoms with Gasteiger partial charge in [-0.3, -0.25) is 14.2 Å². The lowest BCUT2D eigenvalue weighted by atomic mass is 10.1. The quantitative estimate of drug-likeness (QED) is 0.747. The number of likely N-dealkylation sites (tertiary alicyclic amines) is 1. The van der Waals surface area contributed by atoms with Crippen LogP contribution in [0.5, 0.6) is 0 Å². The van der Waals surface area contributed by atoms with Crippen LogP contribution < -0.4 is 5.56 Å². The molecular formula is C18H22ClN3O2S. The van der Waals surface area contributed by atoms with Gasteiger partial charge in [0.25, 0.3) is 5.56 Å². The van der Waals surface area contributed by atoms with Crippen LogP contribution in [0.4, 0.5) is 0 Å². The van der Waals surface area contributed by atoms with Crippen molar-refractivity contribution in [2.75, 3.05) is 13.6 Å². The van der Waals surface area contributed by atoms with Gasteiger partial charge in [0, 0.05) is 25.2 Å². The van der Waals surface area contributed by atoms with Crippen molar-refractivity contribution in [1.29, 1.82) is 0 Å². The molecule has 1 amide bonds. The standard InChI is InChI=1S/C18H22ClN3O2S/c1-11(2)6-9-22-16(23)13-5-4-12(19)10-14(13)20-18(22)25-15-7-8-21(3)17(15)24/h4-5,10-11,15H,6-9H2,1-3H3. The minimum absolute atomic E-state index is 0.0661. The van der Waals surface area contributed by atoms with E-state index < -0.39 is 0 Å². The summed E-state index contributed by atoms with van der Waals surface area (Å²) in [5, 5.41) is 1.53. The van der Waals surface area contributed by atoms with Gasteiger partial charge in [-0.05, 0) is 37.0 Å². The van der Waals surface area contributed by atoms with E-state index in [4.69, 9.17) is 11.6 Å². The van der Waals surface area contributed by atoms with E-state index in [1.165, 1.54) is 11.8 Å². The van der Waals surface area contributed by atoms with Gasteiger partial charge < -0.3 is 4.90 Å². The van der Waals surface area contributed by atoms with Crippen LogP contribution in [0.2, 0.25) is 5.02 Å². The molecule has 134 valence electrons. The van der Waals surface area contributed by atoms with E-state index in [0.717, 1.165) is 19.4 Å². The molecule has 1 aromatic heterocycles. The Morgan fingerprint density at radius 1 is 1.36 bits per heavy atom. The van der Waals surface area contributed by atoms with E-state index in [1.54, 1.807) is 27.7 Å². The van der Waals surface area contributed by atoms with Crippen LogP contribution in [0, 0.1) is 5.92 Å². The summed E-state index contributed by atoms with van der Waals surface area (Å²) in [5.74, 6) is 0.575. The van der Waals surface area contributed by atoms with Crippen molar-refractivity contribution in [2.24, 2.45) is 5.92 Å². The van der Waals surface area contributed by atoms with Crippen molar-refractivity contribution in [3.8, 4) is 0 Å². The smallest absolute Gasteiger partial charge is 0.262 e. The number of amides is 1. The maximum Gasteiger partial charge on any atom is 0.262 e. The van der Waals surface area contributed by atoms with E-state index in [9.17, 15) is 9.59 Å². The number of carbonyl (C=O) groups excluding carboxylic acids is 1. The molecule has 0 saturated carbocycles. The molecule has 7 heteroatoms. The molecule has 0 N–H and O–H groups in total. The van der Waals surface area contributed by atoms with Crippen LogP contribution in [0.3, 0.4) is 0 Å². The van der Waals surface area contributed by atoms with Gasteiger partial charge in [0.1, 0.15) is 0 Å². The van der Waals surface area contributed by atoms with Crippen molar-refractivity contribution >= 4 is 40.2 Å². The minimum atomic E-state index is -0.182. The number of aromatic nitrogens is 2. The molecule has 25 heavy (non-hydrogen) atoms. The Morgan fingerprint density at radius 3 is 2.76 bits per heavy atom. The molecule has 3 rings (SSSR count). The fraction of sp³-hybridized carbons (Fsp3) is 0.500. The van der Waals surface area contributed by atoms with E-state index in [0.29, 0.717) is 33.5 Å². The summed E-state index contributed by atoms with van der Waals surface area (Å²) in [6, 6.07) is 5.14. The number of nitrogens with zero attached hydrogens (tertiary/aromatic N) is 3. The summed E-state index contributed by atoms with van der Waals surface area (Å²) in [5.41, 5.74) is 0.517. The molecule has 1 aliphatic heterocycles. The summed E-state index contributed by atoms with van der Waals surface area (Å²) < 4.78 is 1.71. The first-order chi connectivity index (χ1) is 11.9. The molecule has 0 bridgehead atoms. The molecule has 1 saturated heterocycles. The summed E-state index contributed by atoms with van der Waals surface area (Å²) in [6.07, 6.45) is 1.65. The lowest BCUT2D eigenvalue weighted by Crippen LogP contribution is -2.27. The van der Waals surface area contributed by atoms with Crippen LogP contribution in [0.25, 0.3) is 10.9 Å². The SMILES string of the molecule is CC(C)CCn1c(SC2CCN(C)C2=O)nc2cc(Cl)ccc2c1=O. The monoisotopic (exact) mass is 379 g/mol. The molecule has 0 aliphatic carbocycles. The van der Waals surface area contributed by atoms with Gasteiger partial charge >= 0.3 is 0 Å². The second-order valence-electron chi connectivity index (χ2n) is 6.85. The molecular weight excluding hydrogens is 358 g/mol. The summed E-state index contributed by atoms with van der Waals surface area (Å²) in [7, 11) is 1.81. The van der Waals surface area contributed by atoms with Crippen molar-refractivity contribution in [2.45, 2.75) is 43.6 Å². The Morgan fingerprint density at radius 2 is 2.12 bits per heavy atom. The number of rotatable bonds is 5. The molecule has 1 fully saturated rings.